The molecule has 0 saturated carbocycles. The summed E-state index contributed by atoms with van der Waals surface area (Å²) in [5.74, 6) is 0.784. The van der Waals surface area contributed by atoms with Crippen LogP contribution in [0.3, 0.4) is 0 Å². The van der Waals surface area contributed by atoms with Crippen LogP contribution >= 0.6 is 0 Å². The molecule has 84 valence electrons. The highest BCUT2D eigenvalue weighted by atomic mass is 16.5. The van der Waals surface area contributed by atoms with Gasteiger partial charge in [-0.25, -0.2) is 0 Å². The first-order chi connectivity index (χ1) is 7.88. The number of piperidine rings is 1. The number of nitrogens with zero attached hydrogens (tertiary/aromatic N) is 1. The van der Waals surface area contributed by atoms with Gasteiger partial charge in [-0.15, -0.1) is 0 Å². The molecule has 0 aromatic heterocycles. The third-order valence-electron chi connectivity index (χ3n) is 2.83. The van der Waals surface area contributed by atoms with E-state index in [0.29, 0.717) is 18.2 Å². The van der Waals surface area contributed by atoms with E-state index in [9.17, 15) is 0 Å². The Labute approximate surface area is 96.0 Å². The summed E-state index contributed by atoms with van der Waals surface area (Å²) in [4.78, 5) is 0. The minimum Gasteiger partial charge on any atom is -0.492 e. The number of ether oxygens (including phenoxy) is 1. The van der Waals surface area contributed by atoms with Gasteiger partial charge in [0.1, 0.15) is 12.4 Å². The molecule has 1 saturated heterocycles. The quantitative estimate of drug-likeness (QED) is 0.841. The monoisotopic (exact) mass is 216 g/mol. The lowest BCUT2D eigenvalue weighted by Crippen LogP contribution is -2.38. The first kappa shape index (κ1) is 11.0. The van der Waals surface area contributed by atoms with E-state index in [0.717, 1.165) is 12.3 Å². The zero-order chi connectivity index (χ0) is 11.2. The van der Waals surface area contributed by atoms with Crippen molar-refractivity contribution in [2.24, 2.45) is 0 Å². The zero-order valence-electron chi connectivity index (χ0n) is 9.28. The van der Waals surface area contributed by atoms with Crippen LogP contribution in [0.25, 0.3) is 0 Å². The van der Waals surface area contributed by atoms with Crippen molar-refractivity contribution < 1.29 is 4.74 Å². The van der Waals surface area contributed by atoms with E-state index in [-0.39, 0.29) is 0 Å². The smallest absolute Gasteiger partial charge is 0.120 e. The lowest BCUT2D eigenvalue weighted by atomic mass is 10.1. The molecule has 1 N–H and O–H groups in total. The Morgan fingerprint density at radius 1 is 1.44 bits per heavy atom. The molecule has 3 heteroatoms. The Hall–Kier alpha value is -1.53. The molecule has 0 spiro atoms. The highest BCUT2D eigenvalue weighted by molar-refractivity contribution is 5.36. The third kappa shape index (κ3) is 2.98. The van der Waals surface area contributed by atoms with Gasteiger partial charge in [0.25, 0.3) is 0 Å². The number of hydrogen-bond acceptors (Lipinski definition) is 3. The van der Waals surface area contributed by atoms with Crippen molar-refractivity contribution in [3.63, 3.8) is 0 Å². The second-order valence-corrected chi connectivity index (χ2v) is 4.10. The maximum Gasteiger partial charge on any atom is 0.120 e. The summed E-state index contributed by atoms with van der Waals surface area (Å²) >= 11 is 0. The van der Waals surface area contributed by atoms with Crippen molar-refractivity contribution in [1.29, 1.82) is 5.26 Å². The standard InChI is InChI=1S/C13H16N2O/c14-9-11-4-3-6-13(8-11)16-10-12-5-1-2-7-15-12/h3-4,6,8,12,15H,1-2,5,7,10H2. The van der Waals surface area contributed by atoms with Crippen molar-refractivity contribution in [1.82, 2.24) is 5.32 Å². The molecular weight excluding hydrogens is 200 g/mol. The molecular formula is C13H16N2O. The van der Waals surface area contributed by atoms with Crippen molar-refractivity contribution in [2.45, 2.75) is 25.3 Å². The van der Waals surface area contributed by atoms with Crippen LogP contribution in [0, 0.1) is 11.3 Å². The fraction of sp³-hybridized carbons (Fsp3) is 0.462. The molecule has 1 heterocycles. The normalized spacial score (nSPS) is 20.1. The van der Waals surface area contributed by atoms with E-state index < -0.39 is 0 Å². The summed E-state index contributed by atoms with van der Waals surface area (Å²) in [6.45, 7) is 1.78. The van der Waals surface area contributed by atoms with Gasteiger partial charge in [0.2, 0.25) is 0 Å². The summed E-state index contributed by atoms with van der Waals surface area (Å²) in [7, 11) is 0. The van der Waals surface area contributed by atoms with Gasteiger partial charge in [0.15, 0.2) is 0 Å². The average molecular weight is 216 g/mol. The summed E-state index contributed by atoms with van der Waals surface area (Å²) in [5, 5.41) is 12.2. The van der Waals surface area contributed by atoms with E-state index in [4.69, 9.17) is 10.00 Å². The van der Waals surface area contributed by atoms with E-state index in [1.165, 1.54) is 19.3 Å². The molecule has 0 aliphatic carbocycles. The molecule has 3 nitrogen and oxygen atoms in total. The molecule has 0 bridgehead atoms. The number of rotatable bonds is 3. The number of hydrogen-bond donors (Lipinski definition) is 1. The highest BCUT2D eigenvalue weighted by Gasteiger charge is 2.12. The highest BCUT2D eigenvalue weighted by Crippen LogP contribution is 2.14. The van der Waals surface area contributed by atoms with Gasteiger partial charge < -0.3 is 10.1 Å². The average Bonchev–Trinajstić information content (AvgIpc) is 2.38. The first-order valence-electron chi connectivity index (χ1n) is 5.75. The lowest BCUT2D eigenvalue weighted by Gasteiger charge is -2.23. The number of benzene rings is 1. The largest absolute Gasteiger partial charge is 0.492 e. The van der Waals surface area contributed by atoms with Crippen LogP contribution in [-0.4, -0.2) is 19.2 Å². The predicted octanol–water partition coefficient (Wildman–Crippen LogP) is 2.08. The molecule has 0 radical (unpaired) electrons. The van der Waals surface area contributed by atoms with Gasteiger partial charge in [0, 0.05) is 6.04 Å². The van der Waals surface area contributed by atoms with Crippen LogP contribution < -0.4 is 10.1 Å². The van der Waals surface area contributed by atoms with Crippen LogP contribution in [-0.2, 0) is 0 Å². The topological polar surface area (TPSA) is 45.0 Å². The van der Waals surface area contributed by atoms with Crippen LogP contribution in [0.4, 0.5) is 0 Å². The van der Waals surface area contributed by atoms with Crippen molar-refractivity contribution in [2.75, 3.05) is 13.2 Å². The molecule has 1 atom stereocenters. The molecule has 1 unspecified atom stereocenters. The van der Waals surface area contributed by atoms with Gasteiger partial charge in [-0.05, 0) is 37.6 Å². The van der Waals surface area contributed by atoms with E-state index in [1.807, 2.05) is 12.1 Å². The lowest BCUT2D eigenvalue weighted by molar-refractivity contribution is 0.239. The number of nitriles is 1. The fourth-order valence-corrected chi connectivity index (χ4v) is 1.92. The molecule has 0 amide bonds. The third-order valence-corrected chi connectivity index (χ3v) is 2.83. The fourth-order valence-electron chi connectivity index (χ4n) is 1.92. The SMILES string of the molecule is N#Cc1cccc(OCC2CCCCN2)c1. The van der Waals surface area contributed by atoms with Crippen LogP contribution in [0.1, 0.15) is 24.8 Å². The Morgan fingerprint density at radius 2 is 2.38 bits per heavy atom. The van der Waals surface area contributed by atoms with Crippen LogP contribution in [0.15, 0.2) is 24.3 Å². The van der Waals surface area contributed by atoms with Gasteiger partial charge in [-0.1, -0.05) is 12.5 Å². The summed E-state index contributed by atoms with van der Waals surface area (Å²) in [5.41, 5.74) is 0.647. The van der Waals surface area contributed by atoms with Crippen molar-refractivity contribution in [3.8, 4) is 11.8 Å². The van der Waals surface area contributed by atoms with Gasteiger partial charge in [-0.2, -0.15) is 5.26 Å². The van der Waals surface area contributed by atoms with E-state index >= 15 is 0 Å². The molecule has 1 aromatic carbocycles. The van der Waals surface area contributed by atoms with E-state index in [1.54, 1.807) is 12.1 Å². The molecule has 1 aliphatic heterocycles. The maximum absolute atomic E-state index is 8.76. The molecule has 1 aromatic rings. The Kier molecular flexibility index (Phi) is 3.79. The summed E-state index contributed by atoms with van der Waals surface area (Å²) in [6.07, 6.45) is 3.72. The Balaban J connectivity index is 1.86. The Morgan fingerprint density at radius 3 is 3.12 bits per heavy atom. The second-order valence-electron chi connectivity index (χ2n) is 4.10. The molecule has 1 aliphatic rings. The molecule has 1 fully saturated rings. The van der Waals surface area contributed by atoms with E-state index in [2.05, 4.69) is 11.4 Å². The number of nitrogens with one attached hydrogen (secondary N) is 1. The molecule has 16 heavy (non-hydrogen) atoms. The maximum atomic E-state index is 8.76. The minimum atomic E-state index is 0.458. The van der Waals surface area contributed by atoms with Gasteiger partial charge >= 0.3 is 0 Å². The van der Waals surface area contributed by atoms with Crippen molar-refractivity contribution in [3.05, 3.63) is 29.8 Å². The summed E-state index contributed by atoms with van der Waals surface area (Å²) < 4.78 is 5.67. The van der Waals surface area contributed by atoms with Crippen LogP contribution in [0.2, 0.25) is 0 Å². The summed E-state index contributed by atoms with van der Waals surface area (Å²) in [6, 6.07) is 9.87. The Bertz CT molecular complexity index is 378. The van der Waals surface area contributed by atoms with Crippen molar-refractivity contribution >= 4 is 0 Å². The second kappa shape index (κ2) is 5.53. The van der Waals surface area contributed by atoms with Crippen LogP contribution in [0.5, 0.6) is 5.75 Å². The predicted molar refractivity (Wildman–Crippen MR) is 62.3 cm³/mol. The molecule has 2 rings (SSSR count). The zero-order valence-corrected chi connectivity index (χ0v) is 9.28. The van der Waals surface area contributed by atoms with Gasteiger partial charge in [0.05, 0.1) is 11.6 Å². The van der Waals surface area contributed by atoms with Gasteiger partial charge in [-0.3, -0.25) is 0 Å². The first-order valence-corrected chi connectivity index (χ1v) is 5.75. The minimum absolute atomic E-state index is 0.458.